The Labute approximate surface area is 77.2 Å². The molecule has 1 N–H and O–H groups in total. The highest BCUT2D eigenvalue weighted by molar-refractivity contribution is 5.04. The van der Waals surface area contributed by atoms with Gasteiger partial charge in [0, 0.05) is 6.61 Å². The van der Waals surface area contributed by atoms with Crippen molar-refractivity contribution in [1.82, 2.24) is 0 Å². The van der Waals surface area contributed by atoms with E-state index in [4.69, 9.17) is 0 Å². The lowest BCUT2D eigenvalue weighted by Gasteiger charge is -2.36. The van der Waals surface area contributed by atoms with Gasteiger partial charge in [-0.25, -0.2) is 0 Å². The van der Waals surface area contributed by atoms with E-state index in [0.29, 0.717) is 6.61 Å². The van der Waals surface area contributed by atoms with Crippen LogP contribution in [0.15, 0.2) is 0 Å². The van der Waals surface area contributed by atoms with Gasteiger partial charge in [-0.2, -0.15) is 0 Å². The minimum absolute atomic E-state index is 0.115. The van der Waals surface area contributed by atoms with Gasteiger partial charge in [-0.1, -0.05) is 27.7 Å². The lowest BCUT2D eigenvalue weighted by molar-refractivity contribution is 0.120. The molecule has 0 aromatic heterocycles. The third-order valence-corrected chi connectivity index (χ3v) is 3.26. The molecule has 0 amide bonds. The van der Waals surface area contributed by atoms with E-state index in [-0.39, 0.29) is 5.41 Å². The molecule has 1 nitrogen and oxygen atoms in total. The fourth-order valence-electron chi connectivity index (χ4n) is 2.09. The van der Waals surface area contributed by atoms with Gasteiger partial charge in [-0.05, 0) is 37.0 Å². The fourth-order valence-corrected chi connectivity index (χ4v) is 2.09. The smallest absolute Gasteiger partial charge is 0.0492 e. The van der Waals surface area contributed by atoms with Crippen molar-refractivity contribution in [2.24, 2.45) is 5.41 Å². The number of hydrogen-bond acceptors (Lipinski definition) is 1. The molecule has 0 unspecified atom stereocenters. The van der Waals surface area contributed by atoms with Gasteiger partial charge in [0.2, 0.25) is 0 Å². The van der Waals surface area contributed by atoms with Crippen LogP contribution in [0.2, 0.25) is 0 Å². The first kappa shape index (κ1) is 12.0. The standard InChI is InChI=1S/C11H23O/c1-5-10(6-2)11(7-3,8-4)9-12/h12H,5-9H2,1-4H3. The van der Waals surface area contributed by atoms with Crippen LogP contribution < -0.4 is 0 Å². The first-order valence-electron chi connectivity index (χ1n) is 5.16. The minimum atomic E-state index is 0.115. The van der Waals surface area contributed by atoms with Crippen molar-refractivity contribution < 1.29 is 5.11 Å². The molecule has 0 atom stereocenters. The maximum absolute atomic E-state index is 9.39. The largest absolute Gasteiger partial charge is 0.396 e. The molecule has 0 saturated heterocycles. The van der Waals surface area contributed by atoms with Crippen molar-refractivity contribution in [2.75, 3.05) is 6.61 Å². The van der Waals surface area contributed by atoms with Crippen molar-refractivity contribution in [3.63, 3.8) is 0 Å². The maximum Gasteiger partial charge on any atom is 0.0492 e. The molecule has 73 valence electrons. The Morgan fingerprint density at radius 1 is 1.00 bits per heavy atom. The highest BCUT2D eigenvalue weighted by atomic mass is 16.3. The molecule has 0 spiro atoms. The number of aliphatic hydroxyl groups is 1. The molecule has 1 heteroatoms. The first-order chi connectivity index (χ1) is 5.70. The van der Waals surface area contributed by atoms with Crippen molar-refractivity contribution in [2.45, 2.75) is 53.4 Å². The summed E-state index contributed by atoms with van der Waals surface area (Å²) in [6.07, 6.45) is 4.35. The predicted octanol–water partition coefficient (Wildman–Crippen LogP) is 3.18. The van der Waals surface area contributed by atoms with E-state index in [2.05, 4.69) is 27.7 Å². The zero-order valence-electron chi connectivity index (χ0n) is 8.98. The predicted molar refractivity (Wildman–Crippen MR) is 53.9 cm³/mol. The molecule has 0 aromatic rings. The Balaban J connectivity index is 4.42. The molecule has 0 aliphatic carbocycles. The van der Waals surface area contributed by atoms with E-state index in [1.54, 1.807) is 0 Å². The fraction of sp³-hybridized carbons (Fsp3) is 0.909. The Morgan fingerprint density at radius 2 is 1.42 bits per heavy atom. The van der Waals surface area contributed by atoms with Crippen LogP contribution in [0.5, 0.6) is 0 Å². The monoisotopic (exact) mass is 171 g/mol. The quantitative estimate of drug-likeness (QED) is 0.650. The van der Waals surface area contributed by atoms with Gasteiger partial charge in [0.05, 0.1) is 0 Å². The van der Waals surface area contributed by atoms with Gasteiger partial charge < -0.3 is 5.11 Å². The molecular formula is C11H23O. The van der Waals surface area contributed by atoms with E-state index in [0.717, 1.165) is 25.7 Å². The van der Waals surface area contributed by atoms with Crippen LogP contribution in [0.25, 0.3) is 0 Å². The Morgan fingerprint density at radius 3 is 1.50 bits per heavy atom. The lowest BCUT2D eigenvalue weighted by atomic mass is 9.69. The molecule has 1 radical (unpaired) electrons. The summed E-state index contributed by atoms with van der Waals surface area (Å²) in [5, 5.41) is 9.39. The van der Waals surface area contributed by atoms with Crippen LogP contribution in [0, 0.1) is 11.3 Å². The highest BCUT2D eigenvalue weighted by Gasteiger charge is 2.32. The molecular weight excluding hydrogens is 148 g/mol. The lowest BCUT2D eigenvalue weighted by Crippen LogP contribution is -2.31. The molecule has 0 aliphatic heterocycles. The van der Waals surface area contributed by atoms with Crippen LogP contribution in [0.1, 0.15) is 53.4 Å². The molecule has 12 heavy (non-hydrogen) atoms. The summed E-state index contributed by atoms with van der Waals surface area (Å²) in [6.45, 7) is 9.04. The summed E-state index contributed by atoms with van der Waals surface area (Å²) in [6, 6.07) is 0. The second-order valence-corrected chi connectivity index (χ2v) is 3.46. The van der Waals surface area contributed by atoms with Gasteiger partial charge in [0.1, 0.15) is 0 Å². The third kappa shape index (κ3) is 2.22. The van der Waals surface area contributed by atoms with Crippen molar-refractivity contribution >= 4 is 0 Å². The SMILES string of the molecule is CC[C](CC)C(CC)(CC)CO. The topological polar surface area (TPSA) is 20.2 Å². The van der Waals surface area contributed by atoms with E-state index in [1.807, 2.05) is 0 Å². The summed E-state index contributed by atoms with van der Waals surface area (Å²) < 4.78 is 0. The van der Waals surface area contributed by atoms with E-state index in [1.165, 1.54) is 5.92 Å². The van der Waals surface area contributed by atoms with Gasteiger partial charge >= 0.3 is 0 Å². The maximum atomic E-state index is 9.39. The van der Waals surface area contributed by atoms with Gasteiger partial charge in [-0.15, -0.1) is 0 Å². The summed E-state index contributed by atoms with van der Waals surface area (Å²) >= 11 is 0. The number of aliphatic hydroxyl groups excluding tert-OH is 1. The second kappa shape index (κ2) is 5.58. The van der Waals surface area contributed by atoms with Crippen LogP contribution >= 0.6 is 0 Å². The summed E-state index contributed by atoms with van der Waals surface area (Å²) in [5.41, 5.74) is 0.115. The second-order valence-electron chi connectivity index (χ2n) is 3.46. The van der Waals surface area contributed by atoms with Gasteiger partial charge in [-0.3, -0.25) is 0 Å². The summed E-state index contributed by atoms with van der Waals surface area (Å²) in [7, 11) is 0. The molecule has 0 saturated carbocycles. The van der Waals surface area contributed by atoms with Crippen molar-refractivity contribution in [1.29, 1.82) is 0 Å². The molecule has 0 aliphatic rings. The molecule has 0 heterocycles. The van der Waals surface area contributed by atoms with E-state index >= 15 is 0 Å². The molecule has 0 fully saturated rings. The average molecular weight is 171 g/mol. The average Bonchev–Trinajstić information content (AvgIpc) is 2.14. The molecule has 0 rings (SSSR count). The zero-order chi connectivity index (χ0) is 9.61. The minimum Gasteiger partial charge on any atom is -0.396 e. The van der Waals surface area contributed by atoms with Crippen molar-refractivity contribution in [3.05, 3.63) is 5.92 Å². The summed E-state index contributed by atoms with van der Waals surface area (Å²) in [4.78, 5) is 0. The van der Waals surface area contributed by atoms with Crippen LogP contribution in [0.4, 0.5) is 0 Å². The first-order valence-corrected chi connectivity index (χ1v) is 5.16. The van der Waals surface area contributed by atoms with Crippen LogP contribution in [-0.4, -0.2) is 11.7 Å². The molecule has 0 aromatic carbocycles. The van der Waals surface area contributed by atoms with Crippen LogP contribution in [-0.2, 0) is 0 Å². The van der Waals surface area contributed by atoms with E-state index < -0.39 is 0 Å². The number of hydrogen-bond donors (Lipinski definition) is 1. The third-order valence-electron chi connectivity index (χ3n) is 3.26. The van der Waals surface area contributed by atoms with E-state index in [9.17, 15) is 5.11 Å². The molecule has 0 bridgehead atoms. The van der Waals surface area contributed by atoms with Crippen LogP contribution in [0.3, 0.4) is 0 Å². The normalized spacial score (nSPS) is 12.5. The zero-order valence-corrected chi connectivity index (χ0v) is 8.98. The Hall–Kier alpha value is -0.0400. The van der Waals surface area contributed by atoms with Crippen molar-refractivity contribution in [3.8, 4) is 0 Å². The van der Waals surface area contributed by atoms with Gasteiger partial charge in [0.15, 0.2) is 0 Å². The highest BCUT2D eigenvalue weighted by Crippen LogP contribution is 2.40. The Bertz CT molecular complexity index is 93.3. The Kier molecular flexibility index (Phi) is 5.56. The summed E-state index contributed by atoms with van der Waals surface area (Å²) in [5.74, 6) is 1.52. The number of rotatable bonds is 6. The van der Waals surface area contributed by atoms with Gasteiger partial charge in [0.25, 0.3) is 0 Å².